The Morgan fingerprint density at radius 2 is 1.81 bits per heavy atom. The fourth-order valence-electron chi connectivity index (χ4n) is 3.87. The van der Waals surface area contributed by atoms with Gasteiger partial charge in [0.2, 0.25) is 0 Å². The summed E-state index contributed by atoms with van der Waals surface area (Å²) in [6, 6.07) is 0.543. The van der Waals surface area contributed by atoms with E-state index in [1.807, 2.05) is 11.8 Å². The summed E-state index contributed by atoms with van der Waals surface area (Å²) in [6.07, 6.45) is 5.29. The lowest BCUT2D eigenvalue weighted by molar-refractivity contribution is -0.152. The highest BCUT2D eigenvalue weighted by molar-refractivity contribution is 5.79. The topological polar surface area (TPSA) is 60.9 Å². The zero-order valence-corrected chi connectivity index (χ0v) is 13.5. The minimum Gasteiger partial charge on any atom is -0.481 e. The predicted molar refractivity (Wildman–Crippen MR) is 81.2 cm³/mol. The van der Waals surface area contributed by atoms with Crippen LogP contribution in [0.3, 0.4) is 0 Å². The molecule has 0 aliphatic carbocycles. The Morgan fingerprint density at radius 3 is 2.33 bits per heavy atom. The summed E-state index contributed by atoms with van der Waals surface area (Å²) < 4.78 is 0. The van der Waals surface area contributed by atoms with Crippen molar-refractivity contribution in [2.24, 2.45) is 5.41 Å². The first-order chi connectivity index (χ1) is 9.91. The number of hydrogen-bond acceptors (Lipinski definition) is 2. The average molecular weight is 296 g/mol. The van der Waals surface area contributed by atoms with Crippen molar-refractivity contribution in [1.29, 1.82) is 0 Å². The van der Waals surface area contributed by atoms with Crippen LogP contribution >= 0.6 is 0 Å². The van der Waals surface area contributed by atoms with Gasteiger partial charge in [0.15, 0.2) is 0 Å². The molecule has 0 bridgehead atoms. The molecule has 5 heteroatoms. The summed E-state index contributed by atoms with van der Waals surface area (Å²) in [7, 11) is 0. The molecular formula is C16H28N2O3. The largest absolute Gasteiger partial charge is 0.481 e. The summed E-state index contributed by atoms with van der Waals surface area (Å²) >= 11 is 0. The van der Waals surface area contributed by atoms with Crippen LogP contribution in [0.1, 0.15) is 59.3 Å². The van der Waals surface area contributed by atoms with Crippen molar-refractivity contribution in [2.45, 2.75) is 71.4 Å². The maximum Gasteiger partial charge on any atom is 0.320 e. The first-order valence-electron chi connectivity index (χ1n) is 8.22. The van der Waals surface area contributed by atoms with E-state index in [0.29, 0.717) is 25.9 Å². The summed E-state index contributed by atoms with van der Waals surface area (Å²) in [5.74, 6) is -0.762. The van der Waals surface area contributed by atoms with E-state index in [0.717, 1.165) is 19.3 Å². The Hall–Kier alpha value is -1.26. The lowest BCUT2D eigenvalue weighted by atomic mass is 9.77. The third-order valence-electron chi connectivity index (χ3n) is 5.39. The third kappa shape index (κ3) is 3.01. The third-order valence-corrected chi connectivity index (χ3v) is 5.39. The van der Waals surface area contributed by atoms with Gasteiger partial charge in [-0.15, -0.1) is 0 Å². The first-order valence-corrected chi connectivity index (χ1v) is 8.22. The molecule has 0 spiro atoms. The summed E-state index contributed by atoms with van der Waals surface area (Å²) in [5, 5.41) is 9.55. The number of likely N-dealkylation sites (tertiary alicyclic amines) is 2. The molecule has 0 aromatic carbocycles. The van der Waals surface area contributed by atoms with E-state index >= 15 is 0 Å². The molecule has 2 saturated heterocycles. The van der Waals surface area contributed by atoms with Crippen molar-refractivity contribution < 1.29 is 14.7 Å². The van der Waals surface area contributed by atoms with Crippen LogP contribution in [0.2, 0.25) is 0 Å². The number of aliphatic carboxylic acids is 1. The van der Waals surface area contributed by atoms with E-state index in [1.165, 1.54) is 6.42 Å². The van der Waals surface area contributed by atoms with Gasteiger partial charge in [-0.05, 0) is 52.4 Å². The van der Waals surface area contributed by atoms with Gasteiger partial charge >= 0.3 is 12.0 Å². The monoisotopic (exact) mass is 296 g/mol. The maximum absolute atomic E-state index is 12.9. The molecule has 0 radical (unpaired) electrons. The Bertz CT molecular complexity index is 402. The Kier molecular flexibility index (Phi) is 4.79. The van der Waals surface area contributed by atoms with Gasteiger partial charge in [-0.2, -0.15) is 0 Å². The standard InChI is InChI=1S/C16H28N2O3/c1-4-16(14(19)20)9-6-10-17(11-16)15(21)18-12(2)7-5-8-13(18)3/h12-13H,4-11H2,1-3H3,(H,19,20)/t12-,13+,16?. The summed E-state index contributed by atoms with van der Waals surface area (Å²) in [4.78, 5) is 28.2. The van der Waals surface area contributed by atoms with Crippen molar-refractivity contribution >= 4 is 12.0 Å². The van der Waals surface area contributed by atoms with Crippen molar-refractivity contribution in [3.63, 3.8) is 0 Å². The molecular weight excluding hydrogens is 268 g/mol. The van der Waals surface area contributed by atoms with E-state index in [-0.39, 0.29) is 18.1 Å². The van der Waals surface area contributed by atoms with Crippen molar-refractivity contribution in [1.82, 2.24) is 9.80 Å². The van der Waals surface area contributed by atoms with Crippen LogP contribution in [0.4, 0.5) is 4.79 Å². The molecule has 2 fully saturated rings. The first kappa shape index (κ1) is 16.1. The molecule has 21 heavy (non-hydrogen) atoms. The van der Waals surface area contributed by atoms with Gasteiger partial charge in [0.1, 0.15) is 0 Å². The van der Waals surface area contributed by atoms with Crippen LogP contribution in [-0.4, -0.2) is 52.1 Å². The van der Waals surface area contributed by atoms with Crippen LogP contribution in [0.5, 0.6) is 0 Å². The Balaban J connectivity index is 2.13. The molecule has 2 aliphatic heterocycles. The number of carboxylic acid groups (broad SMARTS) is 1. The zero-order chi connectivity index (χ0) is 15.6. The predicted octanol–water partition coefficient (Wildman–Crippen LogP) is 2.95. The number of hydrogen-bond donors (Lipinski definition) is 1. The van der Waals surface area contributed by atoms with E-state index < -0.39 is 11.4 Å². The highest BCUT2D eigenvalue weighted by Gasteiger charge is 2.44. The van der Waals surface area contributed by atoms with E-state index in [4.69, 9.17) is 0 Å². The van der Waals surface area contributed by atoms with E-state index in [9.17, 15) is 14.7 Å². The minimum atomic E-state index is -0.762. The maximum atomic E-state index is 12.9. The molecule has 0 aromatic rings. The van der Waals surface area contributed by atoms with Crippen molar-refractivity contribution in [3.05, 3.63) is 0 Å². The van der Waals surface area contributed by atoms with Gasteiger partial charge in [0.05, 0.1) is 5.41 Å². The number of amides is 2. The zero-order valence-electron chi connectivity index (χ0n) is 13.5. The molecule has 2 rings (SSSR count). The van der Waals surface area contributed by atoms with Gasteiger partial charge in [-0.25, -0.2) is 4.79 Å². The molecule has 1 unspecified atom stereocenters. The van der Waals surface area contributed by atoms with Crippen molar-refractivity contribution in [2.75, 3.05) is 13.1 Å². The molecule has 2 amide bonds. The molecule has 1 N–H and O–H groups in total. The van der Waals surface area contributed by atoms with Crippen LogP contribution < -0.4 is 0 Å². The lowest BCUT2D eigenvalue weighted by Gasteiger charge is -2.45. The fraction of sp³-hybridized carbons (Fsp3) is 0.875. The van der Waals surface area contributed by atoms with Crippen LogP contribution in [0.25, 0.3) is 0 Å². The summed E-state index contributed by atoms with van der Waals surface area (Å²) in [6.45, 7) is 7.15. The number of piperidine rings is 2. The second kappa shape index (κ2) is 6.24. The normalized spacial score (nSPS) is 33.9. The Morgan fingerprint density at radius 1 is 1.19 bits per heavy atom. The molecule has 2 heterocycles. The summed E-state index contributed by atoms with van der Waals surface area (Å²) in [5.41, 5.74) is -0.754. The van der Waals surface area contributed by atoms with Gasteiger partial charge < -0.3 is 14.9 Å². The van der Waals surface area contributed by atoms with Crippen molar-refractivity contribution in [3.8, 4) is 0 Å². The number of carbonyl (C=O) groups excluding carboxylic acids is 1. The minimum absolute atomic E-state index is 0.0356. The second-order valence-electron chi connectivity index (χ2n) is 6.78. The second-order valence-corrected chi connectivity index (χ2v) is 6.78. The average Bonchev–Trinajstić information content (AvgIpc) is 2.46. The Labute approximate surface area is 127 Å². The highest BCUT2D eigenvalue weighted by atomic mass is 16.4. The molecule has 2 aliphatic rings. The van der Waals surface area contributed by atoms with Crippen LogP contribution in [0.15, 0.2) is 0 Å². The van der Waals surface area contributed by atoms with Crippen LogP contribution in [-0.2, 0) is 4.79 Å². The number of carboxylic acids is 1. The number of nitrogens with zero attached hydrogens (tertiary/aromatic N) is 2. The number of rotatable bonds is 2. The van der Waals surface area contributed by atoms with E-state index in [1.54, 1.807) is 4.90 Å². The SMILES string of the molecule is CCC1(C(=O)O)CCCN(C(=O)N2[C@H](C)CCC[C@@H]2C)C1. The quantitative estimate of drug-likeness (QED) is 0.852. The van der Waals surface area contributed by atoms with Gasteiger partial charge in [-0.3, -0.25) is 4.79 Å². The molecule has 120 valence electrons. The molecule has 3 atom stereocenters. The number of urea groups is 1. The van der Waals surface area contributed by atoms with Crippen LogP contribution in [0, 0.1) is 5.41 Å². The van der Waals surface area contributed by atoms with E-state index in [2.05, 4.69) is 13.8 Å². The molecule has 0 aromatic heterocycles. The van der Waals surface area contributed by atoms with Gasteiger partial charge in [0, 0.05) is 25.2 Å². The fourth-order valence-corrected chi connectivity index (χ4v) is 3.87. The highest BCUT2D eigenvalue weighted by Crippen LogP contribution is 2.35. The van der Waals surface area contributed by atoms with Gasteiger partial charge in [0.25, 0.3) is 0 Å². The lowest BCUT2D eigenvalue weighted by Crippen LogP contribution is -2.57. The number of carbonyl (C=O) groups is 2. The van der Waals surface area contributed by atoms with Gasteiger partial charge in [-0.1, -0.05) is 6.92 Å². The molecule has 5 nitrogen and oxygen atoms in total. The molecule has 0 saturated carbocycles. The smallest absolute Gasteiger partial charge is 0.320 e.